The minimum absolute atomic E-state index is 0.284. The highest BCUT2D eigenvalue weighted by Crippen LogP contribution is 2.03. The lowest BCUT2D eigenvalue weighted by Crippen LogP contribution is -2.42. The Morgan fingerprint density at radius 2 is 1.93 bits per heavy atom. The second kappa shape index (κ2) is 5.26. The molecule has 0 radical (unpaired) electrons. The summed E-state index contributed by atoms with van der Waals surface area (Å²) in [7, 11) is 0. The van der Waals surface area contributed by atoms with E-state index in [4.69, 9.17) is 5.11 Å². The summed E-state index contributed by atoms with van der Waals surface area (Å²) in [5.74, 6) is -0.619. The summed E-state index contributed by atoms with van der Waals surface area (Å²) in [6.07, 6.45) is 0. The molecule has 0 spiro atoms. The minimum atomic E-state index is -0.857. The number of aliphatic hydroxyl groups is 1. The van der Waals surface area contributed by atoms with E-state index in [0.717, 1.165) is 0 Å². The van der Waals surface area contributed by atoms with Crippen LogP contribution >= 0.6 is 0 Å². The molecule has 80 valence electrons. The fourth-order valence-electron chi connectivity index (χ4n) is 1.24. The van der Waals surface area contributed by atoms with Gasteiger partial charge in [-0.15, -0.1) is 0 Å². The monoisotopic (exact) mass is 207 g/mol. The molecule has 0 fully saturated rings. The van der Waals surface area contributed by atoms with Crippen LogP contribution < -0.4 is 5.32 Å². The molecule has 15 heavy (non-hydrogen) atoms. The summed E-state index contributed by atoms with van der Waals surface area (Å²) in [6.45, 7) is 0.911. The number of hydrogen-bond acceptors (Lipinski definition) is 3. The van der Waals surface area contributed by atoms with E-state index in [-0.39, 0.29) is 11.7 Å². The Morgan fingerprint density at radius 3 is 2.40 bits per heavy atom. The van der Waals surface area contributed by atoms with Gasteiger partial charge in [0.1, 0.15) is 6.04 Å². The van der Waals surface area contributed by atoms with Crippen molar-refractivity contribution < 1.29 is 14.7 Å². The first-order chi connectivity index (χ1) is 7.15. The molecule has 0 saturated carbocycles. The average molecular weight is 207 g/mol. The first-order valence-electron chi connectivity index (χ1n) is 4.62. The van der Waals surface area contributed by atoms with Gasteiger partial charge in [0.2, 0.25) is 5.91 Å². The first-order valence-corrected chi connectivity index (χ1v) is 4.62. The highest BCUT2D eigenvalue weighted by atomic mass is 16.3. The van der Waals surface area contributed by atoms with Crippen molar-refractivity contribution >= 4 is 11.7 Å². The van der Waals surface area contributed by atoms with Gasteiger partial charge in [0.05, 0.1) is 6.61 Å². The molecule has 1 amide bonds. The SMILES string of the molecule is CC(=O)N[C@H](CO)C(=O)c1ccccc1. The summed E-state index contributed by atoms with van der Waals surface area (Å²) < 4.78 is 0. The van der Waals surface area contributed by atoms with Crippen LogP contribution in [0.1, 0.15) is 17.3 Å². The van der Waals surface area contributed by atoms with E-state index in [1.165, 1.54) is 6.92 Å². The molecule has 0 aliphatic heterocycles. The molecule has 0 saturated heterocycles. The molecular formula is C11H13NO3. The lowest BCUT2D eigenvalue weighted by Gasteiger charge is -2.13. The fraction of sp³-hybridized carbons (Fsp3) is 0.273. The Hall–Kier alpha value is -1.68. The van der Waals surface area contributed by atoms with Gasteiger partial charge >= 0.3 is 0 Å². The quantitative estimate of drug-likeness (QED) is 0.701. The highest BCUT2D eigenvalue weighted by molar-refractivity contribution is 6.01. The van der Waals surface area contributed by atoms with Crippen molar-refractivity contribution in [3.63, 3.8) is 0 Å². The Labute approximate surface area is 87.9 Å². The van der Waals surface area contributed by atoms with Crippen LogP contribution in [0.3, 0.4) is 0 Å². The van der Waals surface area contributed by atoms with Gasteiger partial charge in [0, 0.05) is 12.5 Å². The van der Waals surface area contributed by atoms with E-state index in [0.29, 0.717) is 5.56 Å². The van der Waals surface area contributed by atoms with Crippen LogP contribution in [-0.4, -0.2) is 29.4 Å². The van der Waals surface area contributed by atoms with E-state index in [1.54, 1.807) is 30.3 Å². The predicted octanol–water partition coefficient (Wildman–Crippen LogP) is 0.366. The van der Waals surface area contributed by atoms with Crippen LogP contribution in [0.4, 0.5) is 0 Å². The molecule has 2 N–H and O–H groups in total. The van der Waals surface area contributed by atoms with Gasteiger partial charge in [-0.25, -0.2) is 0 Å². The molecule has 0 aliphatic rings. The second-order valence-electron chi connectivity index (χ2n) is 3.17. The molecule has 0 aromatic heterocycles. The number of rotatable bonds is 4. The van der Waals surface area contributed by atoms with Crippen LogP contribution in [0.25, 0.3) is 0 Å². The Kier molecular flexibility index (Phi) is 4.00. The van der Waals surface area contributed by atoms with E-state index in [2.05, 4.69) is 5.32 Å². The normalized spacial score (nSPS) is 11.9. The third-order valence-electron chi connectivity index (χ3n) is 1.93. The molecule has 0 bridgehead atoms. The van der Waals surface area contributed by atoms with Crippen LogP contribution in [-0.2, 0) is 4.79 Å². The largest absolute Gasteiger partial charge is 0.394 e. The van der Waals surface area contributed by atoms with Crippen molar-refractivity contribution in [1.82, 2.24) is 5.32 Å². The maximum atomic E-state index is 11.7. The number of nitrogens with one attached hydrogen (secondary N) is 1. The lowest BCUT2D eigenvalue weighted by atomic mass is 10.1. The van der Waals surface area contributed by atoms with Gasteiger partial charge in [0.25, 0.3) is 0 Å². The van der Waals surface area contributed by atoms with Crippen molar-refractivity contribution in [3.05, 3.63) is 35.9 Å². The van der Waals surface area contributed by atoms with E-state index in [9.17, 15) is 9.59 Å². The zero-order valence-corrected chi connectivity index (χ0v) is 8.43. The molecule has 0 unspecified atom stereocenters. The summed E-state index contributed by atoms with van der Waals surface area (Å²) in [4.78, 5) is 22.5. The third kappa shape index (κ3) is 3.18. The number of carbonyl (C=O) groups is 2. The maximum Gasteiger partial charge on any atom is 0.217 e. The lowest BCUT2D eigenvalue weighted by molar-refractivity contribution is -0.119. The fourth-order valence-corrected chi connectivity index (χ4v) is 1.24. The highest BCUT2D eigenvalue weighted by Gasteiger charge is 2.19. The standard InChI is InChI=1S/C11H13NO3/c1-8(14)12-10(7-13)11(15)9-5-3-2-4-6-9/h2-6,10,13H,7H2,1H3,(H,12,14)/t10-/m1/s1. The number of amides is 1. The van der Waals surface area contributed by atoms with Crippen molar-refractivity contribution in [1.29, 1.82) is 0 Å². The molecule has 0 heterocycles. The van der Waals surface area contributed by atoms with Crippen LogP contribution in [0, 0.1) is 0 Å². The smallest absolute Gasteiger partial charge is 0.217 e. The number of hydrogen-bond donors (Lipinski definition) is 2. The molecule has 4 heteroatoms. The zero-order chi connectivity index (χ0) is 11.3. The van der Waals surface area contributed by atoms with E-state index >= 15 is 0 Å². The molecule has 0 aliphatic carbocycles. The molecule has 1 atom stereocenters. The summed E-state index contributed by atoms with van der Waals surface area (Å²) in [5, 5.41) is 11.4. The molecule has 1 rings (SSSR count). The molecule has 1 aromatic rings. The number of carbonyl (C=O) groups excluding carboxylic acids is 2. The minimum Gasteiger partial charge on any atom is -0.394 e. The van der Waals surface area contributed by atoms with Crippen molar-refractivity contribution in [2.75, 3.05) is 6.61 Å². The Bertz CT molecular complexity index is 348. The number of benzene rings is 1. The van der Waals surface area contributed by atoms with Gasteiger partial charge in [-0.1, -0.05) is 30.3 Å². The van der Waals surface area contributed by atoms with Crippen LogP contribution in [0.2, 0.25) is 0 Å². The second-order valence-corrected chi connectivity index (χ2v) is 3.17. The van der Waals surface area contributed by atoms with Gasteiger partial charge in [-0.3, -0.25) is 9.59 Å². The van der Waals surface area contributed by atoms with E-state index in [1.807, 2.05) is 0 Å². The molecule has 4 nitrogen and oxygen atoms in total. The topological polar surface area (TPSA) is 66.4 Å². The van der Waals surface area contributed by atoms with Crippen molar-refractivity contribution in [3.8, 4) is 0 Å². The number of ketones is 1. The van der Waals surface area contributed by atoms with Crippen molar-refractivity contribution in [2.45, 2.75) is 13.0 Å². The van der Waals surface area contributed by atoms with Gasteiger partial charge < -0.3 is 10.4 Å². The Balaban J connectivity index is 2.78. The van der Waals surface area contributed by atoms with Crippen LogP contribution in [0.5, 0.6) is 0 Å². The number of aliphatic hydroxyl groups excluding tert-OH is 1. The van der Waals surface area contributed by atoms with Gasteiger partial charge in [0.15, 0.2) is 5.78 Å². The number of Topliss-reactive ketones (excluding diaryl/α,β-unsaturated/α-hetero) is 1. The summed E-state index contributed by atoms with van der Waals surface area (Å²) in [6, 6.07) is 7.69. The van der Waals surface area contributed by atoms with Crippen molar-refractivity contribution in [2.24, 2.45) is 0 Å². The first kappa shape index (κ1) is 11.4. The summed E-state index contributed by atoms with van der Waals surface area (Å²) >= 11 is 0. The molecule has 1 aromatic carbocycles. The summed E-state index contributed by atoms with van der Waals surface area (Å²) in [5.41, 5.74) is 0.477. The third-order valence-corrected chi connectivity index (χ3v) is 1.93. The van der Waals surface area contributed by atoms with Crippen LogP contribution in [0.15, 0.2) is 30.3 Å². The Morgan fingerprint density at radius 1 is 1.33 bits per heavy atom. The zero-order valence-electron chi connectivity index (χ0n) is 8.43. The molecular weight excluding hydrogens is 194 g/mol. The van der Waals surface area contributed by atoms with Gasteiger partial charge in [-0.2, -0.15) is 0 Å². The van der Waals surface area contributed by atoms with Gasteiger partial charge in [-0.05, 0) is 0 Å². The predicted molar refractivity (Wildman–Crippen MR) is 55.5 cm³/mol. The maximum absolute atomic E-state index is 11.7. The average Bonchev–Trinajstić information content (AvgIpc) is 2.26. The van der Waals surface area contributed by atoms with E-state index < -0.39 is 12.6 Å².